The van der Waals surface area contributed by atoms with Gasteiger partial charge in [0.1, 0.15) is 0 Å². The number of amides is 1. The minimum atomic E-state index is 0.0507. The second-order valence-corrected chi connectivity index (χ2v) is 4.11. The van der Waals surface area contributed by atoms with Crippen molar-refractivity contribution in [3.63, 3.8) is 0 Å². The molecule has 1 aromatic rings. The van der Waals surface area contributed by atoms with Gasteiger partial charge in [-0.1, -0.05) is 30.3 Å². The Balaban J connectivity index is 2.02. The molecule has 1 N–H and O–H groups in total. The number of hydrogen-bond acceptors (Lipinski definition) is 1. The highest BCUT2D eigenvalue weighted by Gasteiger charge is 1.98. The summed E-state index contributed by atoms with van der Waals surface area (Å²) in [5.74, 6) is 0.449. The predicted octanol–water partition coefficient (Wildman–Crippen LogP) is 2.75. The van der Waals surface area contributed by atoms with Crippen LogP contribution in [-0.4, -0.2) is 18.3 Å². The number of alkyl halides is 1. The van der Waals surface area contributed by atoms with Gasteiger partial charge in [-0.25, -0.2) is 0 Å². The van der Waals surface area contributed by atoms with E-state index in [1.54, 1.807) is 0 Å². The monoisotopic (exact) mass is 239 g/mol. The molecule has 88 valence electrons. The topological polar surface area (TPSA) is 29.1 Å². The van der Waals surface area contributed by atoms with Crippen LogP contribution in [0.3, 0.4) is 0 Å². The first-order valence-corrected chi connectivity index (χ1v) is 6.23. The fourth-order valence-corrected chi connectivity index (χ4v) is 1.67. The molecule has 0 saturated heterocycles. The Morgan fingerprint density at radius 2 is 1.94 bits per heavy atom. The number of nitrogens with one attached hydrogen (secondary N) is 1. The Hall–Kier alpha value is -1.02. The SMILES string of the molecule is O=C(CCCl)NCCCCc1ccccc1. The minimum absolute atomic E-state index is 0.0507. The number of aryl methyl sites for hydroxylation is 1. The Morgan fingerprint density at radius 3 is 2.62 bits per heavy atom. The van der Waals surface area contributed by atoms with Crippen LogP contribution in [0.25, 0.3) is 0 Å². The van der Waals surface area contributed by atoms with Gasteiger partial charge in [-0.3, -0.25) is 4.79 Å². The fourth-order valence-electron chi connectivity index (χ4n) is 1.50. The third-order valence-corrected chi connectivity index (χ3v) is 2.57. The smallest absolute Gasteiger partial charge is 0.221 e. The molecule has 0 atom stereocenters. The number of halogens is 1. The summed E-state index contributed by atoms with van der Waals surface area (Å²) in [6.45, 7) is 0.753. The lowest BCUT2D eigenvalue weighted by Gasteiger charge is -2.04. The number of rotatable bonds is 7. The molecule has 0 aliphatic rings. The number of benzene rings is 1. The van der Waals surface area contributed by atoms with Crippen molar-refractivity contribution in [2.24, 2.45) is 0 Å². The van der Waals surface area contributed by atoms with Crippen molar-refractivity contribution in [1.82, 2.24) is 5.32 Å². The van der Waals surface area contributed by atoms with Gasteiger partial charge in [0.2, 0.25) is 5.91 Å². The Morgan fingerprint density at radius 1 is 1.19 bits per heavy atom. The van der Waals surface area contributed by atoms with E-state index < -0.39 is 0 Å². The Bertz CT molecular complexity index is 300. The number of carbonyl (C=O) groups excluding carboxylic acids is 1. The van der Waals surface area contributed by atoms with E-state index in [1.165, 1.54) is 5.56 Å². The molecule has 16 heavy (non-hydrogen) atoms. The van der Waals surface area contributed by atoms with Crippen LogP contribution in [0.2, 0.25) is 0 Å². The average molecular weight is 240 g/mol. The number of unbranched alkanes of at least 4 members (excludes halogenated alkanes) is 1. The average Bonchev–Trinajstić information content (AvgIpc) is 2.30. The van der Waals surface area contributed by atoms with E-state index in [2.05, 4.69) is 29.6 Å². The van der Waals surface area contributed by atoms with Crippen molar-refractivity contribution in [3.05, 3.63) is 35.9 Å². The van der Waals surface area contributed by atoms with Gasteiger partial charge in [-0.2, -0.15) is 0 Å². The molecule has 0 radical (unpaired) electrons. The lowest BCUT2D eigenvalue weighted by molar-refractivity contribution is -0.120. The Labute approximate surface area is 102 Å². The van der Waals surface area contributed by atoms with E-state index in [-0.39, 0.29) is 5.91 Å². The molecule has 3 heteroatoms. The van der Waals surface area contributed by atoms with Gasteiger partial charge in [0, 0.05) is 18.8 Å². The van der Waals surface area contributed by atoms with Gasteiger partial charge in [-0.05, 0) is 24.8 Å². The van der Waals surface area contributed by atoms with Gasteiger partial charge < -0.3 is 5.32 Å². The second kappa shape index (κ2) is 8.17. The highest BCUT2D eigenvalue weighted by Crippen LogP contribution is 2.03. The highest BCUT2D eigenvalue weighted by molar-refractivity contribution is 6.18. The molecule has 1 aromatic carbocycles. The van der Waals surface area contributed by atoms with E-state index in [0.717, 1.165) is 25.8 Å². The second-order valence-electron chi connectivity index (χ2n) is 3.73. The summed E-state index contributed by atoms with van der Waals surface area (Å²) in [4.78, 5) is 11.1. The van der Waals surface area contributed by atoms with Crippen molar-refractivity contribution in [1.29, 1.82) is 0 Å². The van der Waals surface area contributed by atoms with Crippen LogP contribution in [0.4, 0.5) is 0 Å². The minimum Gasteiger partial charge on any atom is -0.356 e. The van der Waals surface area contributed by atoms with Crippen molar-refractivity contribution in [2.45, 2.75) is 25.7 Å². The van der Waals surface area contributed by atoms with E-state index >= 15 is 0 Å². The predicted molar refractivity (Wildman–Crippen MR) is 67.7 cm³/mol. The molecule has 0 heterocycles. The zero-order valence-corrected chi connectivity index (χ0v) is 10.2. The van der Waals surface area contributed by atoms with Crippen molar-refractivity contribution >= 4 is 17.5 Å². The van der Waals surface area contributed by atoms with Crippen LogP contribution >= 0.6 is 11.6 Å². The molecule has 0 spiro atoms. The summed E-state index contributed by atoms with van der Waals surface area (Å²) in [7, 11) is 0. The maximum absolute atomic E-state index is 11.1. The molecule has 1 rings (SSSR count). The van der Waals surface area contributed by atoms with Gasteiger partial charge in [0.15, 0.2) is 0 Å². The highest BCUT2D eigenvalue weighted by atomic mass is 35.5. The molecule has 0 aromatic heterocycles. The first kappa shape index (κ1) is 13.0. The van der Waals surface area contributed by atoms with Gasteiger partial charge in [0.25, 0.3) is 0 Å². The van der Waals surface area contributed by atoms with E-state index in [0.29, 0.717) is 12.3 Å². The summed E-state index contributed by atoms with van der Waals surface area (Å²) in [6.07, 6.45) is 3.61. The molecule has 2 nitrogen and oxygen atoms in total. The largest absolute Gasteiger partial charge is 0.356 e. The molecule has 1 amide bonds. The molecule has 0 fully saturated rings. The summed E-state index contributed by atoms with van der Waals surface area (Å²) in [6, 6.07) is 10.4. The van der Waals surface area contributed by atoms with Crippen LogP contribution in [0.5, 0.6) is 0 Å². The van der Waals surface area contributed by atoms with E-state index in [1.807, 2.05) is 6.07 Å². The summed E-state index contributed by atoms with van der Waals surface area (Å²) in [5.41, 5.74) is 1.36. The molecule has 0 aliphatic heterocycles. The van der Waals surface area contributed by atoms with Gasteiger partial charge in [0.05, 0.1) is 0 Å². The molecule has 0 bridgehead atoms. The van der Waals surface area contributed by atoms with E-state index in [9.17, 15) is 4.79 Å². The lowest BCUT2D eigenvalue weighted by Crippen LogP contribution is -2.24. The number of hydrogen-bond donors (Lipinski definition) is 1. The van der Waals surface area contributed by atoms with Crippen molar-refractivity contribution < 1.29 is 4.79 Å². The van der Waals surface area contributed by atoms with Crippen molar-refractivity contribution in [3.8, 4) is 0 Å². The Kier molecular flexibility index (Phi) is 6.66. The number of carbonyl (C=O) groups is 1. The molecular formula is C13H18ClNO. The molecule has 0 saturated carbocycles. The fraction of sp³-hybridized carbons (Fsp3) is 0.462. The van der Waals surface area contributed by atoms with Crippen LogP contribution in [-0.2, 0) is 11.2 Å². The first-order valence-electron chi connectivity index (χ1n) is 5.69. The quantitative estimate of drug-likeness (QED) is 0.575. The molecule has 0 unspecified atom stereocenters. The van der Waals surface area contributed by atoms with Gasteiger partial charge in [-0.15, -0.1) is 11.6 Å². The summed E-state index contributed by atoms with van der Waals surface area (Å²) < 4.78 is 0. The van der Waals surface area contributed by atoms with Crippen LogP contribution in [0.1, 0.15) is 24.8 Å². The van der Waals surface area contributed by atoms with Crippen molar-refractivity contribution in [2.75, 3.05) is 12.4 Å². The zero-order chi connectivity index (χ0) is 11.6. The maximum atomic E-state index is 11.1. The zero-order valence-electron chi connectivity index (χ0n) is 9.42. The molecular weight excluding hydrogens is 222 g/mol. The standard InChI is InChI=1S/C13H18ClNO/c14-10-9-13(16)15-11-5-4-8-12-6-2-1-3-7-12/h1-3,6-7H,4-5,8-11H2,(H,15,16). The van der Waals surface area contributed by atoms with E-state index in [4.69, 9.17) is 11.6 Å². The summed E-state index contributed by atoms with van der Waals surface area (Å²) >= 11 is 5.46. The third kappa shape index (κ3) is 5.76. The lowest BCUT2D eigenvalue weighted by atomic mass is 10.1. The maximum Gasteiger partial charge on any atom is 0.221 e. The summed E-state index contributed by atoms with van der Waals surface area (Å²) in [5, 5.41) is 2.85. The van der Waals surface area contributed by atoms with Gasteiger partial charge >= 0.3 is 0 Å². The van der Waals surface area contributed by atoms with Crippen LogP contribution < -0.4 is 5.32 Å². The third-order valence-electron chi connectivity index (χ3n) is 2.38. The van der Waals surface area contributed by atoms with Crippen LogP contribution in [0.15, 0.2) is 30.3 Å². The molecule has 0 aliphatic carbocycles. The first-order chi connectivity index (χ1) is 7.83. The normalized spacial score (nSPS) is 10.1. The van der Waals surface area contributed by atoms with Crippen LogP contribution in [0, 0.1) is 0 Å².